The molecule has 1 saturated carbocycles. The van der Waals surface area contributed by atoms with Crippen LogP contribution in [0.2, 0.25) is 0 Å². The molecule has 0 bridgehead atoms. The van der Waals surface area contributed by atoms with Gasteiger partial charge in [0.05, 0.1) is 5.92 Å². The number of rotatable bonds is 4. The zero-order valence-corrected chi connectivity index (χ0v) is 13.4. The molecule has 1 aliphatic carbocycles. The first-order chi connectivity index (χ1) is 9.99. The second kappa shape index (κ2) is 7.28. The first-order valence-electron chi connectivity index (χ1n) is 8.52. The number of carbonyl (C=O) groups excluding carboxylic acids is 1. The van der Waals surface area contributed by atoms with Crippen LogP contribution >= 0.6 is 0 Å². The van der Waals surface area contributed by atoms with Gasteiger partial charge in [-0.25, -0.2) is 0 Å². The van der Waals surface area contributed by atoms with Crippen LogP contribution in [0.15, 0.2) is 0 Å². The average Bonchev–Trinajstić information content (AvgIpc) is 2.47. The molecule has 1 aliphatic heterocycles. The van der Waals surface area contributed by atoms with Crippen molar-refractivity contribution in [1.29, 1.82) is 0 Å². The Hall–Kier alpha value is -1.06. The molecule has 1 amide bonds. The molecule has 1 N–H and O–H groups in total. The van der Waals surface area contributed by atoms with Crippen molar-refractivity contribution in [2.75, 3.05) is 6.54 Å². The highest BCUT2D eigenvalue weighted by Crippen LogP contribution is 2.31. The maximum atomic E-state index is 12.7. The van der Waals surface area contributed by atoms with Gasteiger partial charge in [-0.2, -0.15) is 0 Å². The monoisotopic (exact) mass is 295 g/mol. The van der Waals surface area contributed by atoms with Gasteiger partial charge in [0.25, 0.3) is 0 Å². The predicted molar refractivity (Wildman–Crippen MR) is 81.9 cm³/mol. The van der Waals surface area contributed by atoms with Crippen molar-refractivity contribution >= 4 is 11.9 Å². The molecule has 3 atom stereocenters. The van der Waals surface area contributed by atoms with E-state index in [2.05, 4.69) is 0 Å². The summed E-state index contributed by atoms with van der Waals surface area (Å²) in [4.78, 5) is 25.7. The van der Waals surface area contributed by atoms with Gasteiger partial charge in [-0.05, 0) is 32.1 Å². The summed E-state index contributed by atoms with van der Waals surface area (Å²) >= 11 is 0. The molecule has 0 aromatic rings. The van der Waals surface area contributed by atoms with E-state index in [1.54, 1.807) is 0 Å². The third-order valence-corrected chi connectivity index (χ3v) is 5.35. The van der Waals surface area contributed by atoms with Crippen LogP contribution in [0, 0.1) is 17.8 Å². The predicted octanol–water partition coefficient (Wildman–Crippen LogP) is 3.30. The summed E-state index contributed by atoms with van der Waals surface area (Å²) in [5, 5.41) is 9.19. The molecule has 4 nitrogen and oxygen atoms in total. The molecular formula is C17H29NO3. The summed E-state index contributed by atoms with van der Waals surface area (Å²) in [6.45, 7) is 4.46. The first-order valence-corrected chi connectivity index (χ1v) is 8.52. The molecule has 2 fully saturated rings. The molecule has 1 heterocycles. The number of aliphatic carboxylic acids is 1. The van der Waals surface area contributed by atoms with E-state index < -0.39 is 5.97 Å². The lowest BCUT2D eigenvalue weighted by Gasteiger charge is -2.38. The van der Waals surface area contributed by atoms with E-state index in [0.717, 1.165) is 12.8 Å². The topological polar surface area (TPSA) is 57.6 Å². The van der Waals surface area contributed by atoms with Crippen molar-refractivity contribution in [2.24, 2.45) is 17.8 Å². The molecule has 120 valence electrons. The summed E-state index contributed by atoms with van der Waals surface area (Å²) in [7, 11) is 0. The summed E-state index contributed by atoms with van der Waals surface area (Å²) in [6.07, 6.45) is 8.91. The lowest BCUT2D eigenvalue weighted by atomic mass is 9.82. The molecule has 0 aromatic carbocycles. The maximum Gasteiger partial charge on any atom is 0.308 e. The Morgan fingerprint density at radius 3 is 2.43 bits per heavy atom. The summed E-state index contributed by atoms with van der Waals surface area (Å²) in [5.41, 5.74) is 0. The highest BCUT2D eigenvalue weighted by molar-refractivity contribution is 5.80. The minimum absolute atomic E-state index is 0.0306. The van der Waals surface area contributed by atoms with Gasteiger partial charge in [0.2, 0.25) is 5.91 Å². The minimum Gasteiger partial charge on any atom is -0.481 e. The van der Waals surface area contributed by atoms with Gasteiger partial charge in [-0.1, -0.05) is 39.0 Å². The van der Waals surface area contributed by atoms with Crippen molar-refractivity contribution in [3.8, 4) is 0 Å². The van der Waals surface area contributed by atoms with Crippen molar-refractivity contribution in [1.82, 2.24) is 4.90 Å². The van der Waals surface area contributed by atoms with Gasteiger partial charge in [0.1, 0.15) is 0 Å². The number of carbonyl (C=O) groups is 2. The normalized spacial score (nSPS) is 29.1. The number of carboxylic acid groups (broad SMARTS) is 1. The quantitative estimate of drug-likeness (QED) is 0.865. The fourth-order valence-electron chi connectivity index (χ4n) is 3.92. The van der Waals surface area contributed by atoms with Crippen LogP contribution in [0.1, 0.15) is 65.2 Å². The zero-order chi connectivity index (χ0) is 15.4. The largest absolute Gasteiger partial charge is 0.481 e. The molecule has 3 unspecified atom stereocenters. The molecule has 0 spiro atoms. The minimum atomic E-state index is -0.764. The van der Waals surface area contributed by atoms with Crippen LogP contribution in [-0.2, 0) is 9.59 Å². The van der Waals surface area contributed by atoms with Crippen molar-refractivity contribution in [3.63, 3.8) is 0 Å². The Balaban J connectivity index is 1.91. The first kappa shape index (κ1) is 16.3. The van der Waals surface area contributed by atoms with Crippen LogP contribution in [0.25, 0.3) is 0 Å². The highest BCUT2D eigenvalue weighted by Gasteiger charge is 2.34. The van der Waals surface area contributed by atoms with Gasteiger partial charge < -0.3 is 10.0 Å². The van der Waals surface area contributed by atoms with Crippen LogP contribution < -0.4 is 0 Å². The zero-order valence-electron chi connectivity index (χ0n) is 13.4. The average molecular weight is 295 g/mol. The molecule has 21 heavy (non-hydrogen) atoms. The van der Waals surface area contributed by atoms with Crippen LogP contribution in [0.4, 0.5) is 0 Å². The second-order valence-electron chi connectivity index (χ2n) is 7.09. The Bertz CT molecular complexity index is 376. The van der Waals surface area contributed by atoms with Gasteiger partial charge in [-0.3, -0.25) is 9.59 Å². The molecule has 4 heteroatoms. The Morgan fingerprint density at radius 2 is 1.81 bits per heavy atom. The highest BCUT2D eigenvalue weighted by atomic mass is 16.4. The van der Waals surface area contributed by atoms with E-state index >= 15 is 0 Å². The summed E-state index contributed by atoms with van der Waals surface area (Å²) in [6, 6.07) is 0.182. The van der Waals surface area contributed by atoms with E-state index in [4.69, 9.17) is 0 Å². The van der Waals surface area contributed by atoms with Crippen molar-refractivity contribution in [3.05, 3.63) is 0 Å². The lowest BCUT2D eigenvalue weighted by Crippen LogP contribution is -2.49. The van der Waals surface area contributed by atoms with Crippen LogP contribution in [-0.4, -0.2) is 34.5 Å². The maximum absolute atomic E-state index is 12.7. The van der Waals surface area contributed by atoms with E-state index in [1.165, 1.54) is 32.1 Å². The van der Waals surface area contributed by atoms with Crippen LogP contribution in [0.3, 0.4) is 0 Å². The van der Waals surface area contributed by atoms with Crippen molar-refractivity contribution in [2.45, 2.75) is 71.3 Å². The van der Waals surface area contributed by atoms with E-state index in [-0.39, 0.29) is 23.8 Å². The third-order valence-electron chi connectivity index (χ3n) is 5.35. The number of nitrogens with zero attached hydrogens (tertiary/aromatic N) is 1. The van der Waals surface area contributed by atoms with Gasteiger partial charge in [0.15, 0.2) is 0 Å². The molecule has 0 aromatic heterocycles. The SMILES string of the molecule is CC(CC1CCCCC1)C(=O)N1CC(C(=O)O)CCC1C. The smallest absolute Gasteiger partial charge is 0.308 e. The molecule has 1 saturated heterocycles. The number of carboxylic acids is 1. The number of hydrogen-bond acceptors (Lipinski definition) is 2. The molecule has 2 aliphatic rings. The number of hydrogen-bond donors (Lipinski definition) is 1. The van der Waals surface area contributed by atoms with Gasteiger partial charge in [-0.15, -0.1) is 0 Å². The second-order valence-corrected chi connectivity index (χ2v) is 7.09. The summed E-state index contributed by atoms with van der Waals surface area (Å²) < 4.78 is 0. The van der Waals surface area contributed by atoms with Gasteiger partial charge in [0, 0.05) is 18.5 Å². The van der Waals surface area contributed by atoms with E-state index in [9.17, 15) is 14.7 Å². The van der Waals surface area contributed by atoms with Gasteiger partial charge >= 0.3 is 5.97 Å². The number of piperidine rings is 1. The fraction of sp³-hybridized carbons (Fsp3) is 0.882. The fourth-order valence-corrected chi connectivity index (χ4v) is 3.92. The Kier molecular flexibility index (Phi) is 5.65. The van der Waals surface area contributed by atoms with E-state index in [1.807, 2.05) is 18.7 Å². The molecule has 2 rings (SSSR count). The molecule has 0 radical (unpaired) electrons. The lowest BCUT2D eigenvalue weighted by molar-refractivity contribution is -0.148. The van der Waals surface area contributed by atoms with Crippen LogP contribution in [0.5, 0.6) is 0 Å². The van der Waals surface area contributed by atoms with E-state index in [0.29, 0.717) is 18.9 Å². The standard InChI is InChI=1S/C17H29NO3/c1-12(10-14-6-4-3-5-7-14)16(19)18-11-15(17(20)21)9-8-13(18)2/h12-15H,3-11H2,1-2H3,(H,20,21). The number of likely N-dealkylation sites (tertiary alicyclic amines) is 1. The Labute approximate surface area is 127 Å². The van der Waals surface area contributed by atoms with Crippen molar-refractivity contribution < 1.29 is 14.7 Å². The summed E-state index contributed by atoms with van der Waals surface area (Å²) in [5.74, 6) is -0.262. The molecular weight excluding hydrogens is 266 g/mol. The Morgan fingerprint density at radius 1 is 1.14 bits per heavy atom. The number of amides is 1. The third kappa shape index (κ3) is 4.21.